The number of unbranched alkanes of at least 4 members (excludes halogenated alkanes) is 2. The highest BCUT2D eigenvalue weighted by Crippen LogP contribution is 2.39. The molecule has 2 rings (SSSR count). The van der Waals surface area contributed by atoms with Crippen molar-refractivity contribution in [1.82, 2.24) is 0 Å². The number of amides is 1. The molecular weight excluding hydrogens is 242 g/mol. The van der Waals surface area contributed by atoms with Gasteiger partial charge >= 0.3 is 5.97 Å². The van der Waals surface area contributed by atoms with Gasteiger partial charge in [-0.15, -0.1) is 0 Å². The maximum absolute atomic E-state index is 11.5. The zero-order valence-corrected chi connectivity index (χ0v) is 10.9. The Morgan fingerprint density at radius 2 is 1.89 bits per heavy atom. The molecule has 19 heavy (non-hydrogen) atoms. The standard InChI is InChI=1S/C15H19NO3/c16-13(17)10-6-2-5-9-12-14(19-15(12)18)11-7-3-1-4-8-11/h1,3-4,7-8,12,14H,2,5-6,9-10H2,(H2,16,17). The van der Waals surface area contributed by atoms with Crippen LogP contribution in [0, 0.1) is 5.92 Å². The number of benzene rings is 1. The number of nitrogens with two attached hydrogens (primary N) is 1. The van der Waals surface area contributed by atoms with E-state index in [2.05, 4.69) is 0 Å². The second kappa shape index (κ2) is 6.36. The van der Waals surface area contributed by atoms with E-state index in [0.717, 1.165) is 31.2 Å². The van der Waals surface area contributed by atoms with Gasteiger partial charge in [-0.05, 0) is 18.4 Å². The second-order valence-corrected chi connectivity index (χ2v) is 4.94. The highest BCUT2D eigenvalue weighted by Gasteiger charge is 2.42. The number of rotatable bonds is 7. The Morgan fingerprint density at radius 1 is 1.16 bits per heavy atom. The number of cyclic esters (lactones) is 1. The SMILES string of the molecule is NC(=O)CCCCCC1C(=O)OC1c1ccccc1. The van der Waals surface area contributed by atoms with Gasteiger partial charge in [0, 0.05) is 6.42 Å². The van der Waals surface area contributed by atoms with Crippen LogP contribution >= 0.6 is 0 Å². The van der Waals surface area contributed by atoms with Crippen molar-refractivity contribution in [1.29, 1.82) is 0 Å². The van der Waals surface area contributed by atoms with E-state index in [1.54, 1.807) is 0 Å². The predicted molar refractivity (Wildman–Crippen MR) is 71.0 cm³/mol. The smallest absolute Gasteiger partial charge is 0.313 e. The number of primary amides is 1. The highest BCUT2D eigenvalue weighted by molar-refractivity contribution is 5.79. The summed E-state index contributed by atoms with van der Waals surface area (Å²) in [7, 11) is 0. The third-order valence-corrected chi connectivity index (χ3v) is 3.48. The minimum Gasteiger partial charge on any atom is -0.456 e. The van der Waals surface area contributed by atoms with Crippen LogP contribution in [0.2, 0.25) is 0 Å². The van der Waals surface area contributed by atoms with E-state index in [4.69, 9.17) is 10.5 Å². The molecule has 1 fully saturated rings. The predicted octanol–water partition coefficient (Wildman–Crippen LogP) is 2.34. The van der Waals surface area contributed by atoms with Gasteiger partial charge in [0.2, 0.25) is 5.91 Å². The van der Waals surface area contributed by atoms with E-state index < -0.39 is 0 Å². The summed E-state index contributed by atoms with van der Waals surface area (Å²) in [5.74, 6) is -0.398. The Labute approximate surface area is 112 Å². The Balaban J connectivity index is 1.76. The molecule has 2 unspecified atom stereocenters. The lowest BCUT2D eigenvalue weighted by Crippen LogP contribution is -2.38. The van der Waals surface area contributed by atoms with Crippen molar-refractivity contribution < 1.29 is 14.3 Å². The first-order valence-corrected chi connectivity index (χ1v) is 6.72. The molecule has 0 saturated carbocycles. The van der Waals surface area contributed by atoms with Gasteiger partial charge in [0.25, 0.3) is 0 Å². The number of ether oxygens (including phenoxy) is 1. The number of carbonyl (C=O) groups is 2. The molecule has 4 nitrogen and oxygen atoms in total. The fraction of sp³-hybridized carbons (Fsp3) is 0.467. The summed E-state index contributed by atoms with van der Waals surface area (Å²) >= 11 is 0. The maximum Gasteiger partial charge on any atom is 0.313 e. The zero-order valence-electron chi connectivity index (χ0n) is 10.9. The largest absolute Gasteiger partial charge is 0.456 e. The van der Waals surface area contributed by atoms with Crippen LogP contribution in [-0.2, 0) is 14.3 Å². The van der Waals surface area contributed by atoms with E-state index in [1.165, 1.54) is 0 Å². The average Bonchev–Trinajstić information content (AvgIpc) is 2.40. The Bertz CT molecular complexity index is 444. The molecule has 1 aliphatic rings. The summed E-state index contributed by atoms with van der Waals surface area (Å²) in [5.41, 5.74) is 6.14. The first kappa shape index (κ1) is 13.6. The molecule has 1 aromatic rings. The molecule has 2 atom stereocenters. The quantitative estimate of drug-likeness (QED) is 0.605. The van der Waals surface area contributed by atoms with Crippen LogP contribution in [0.3, 0.4) is 0 Å². The molecule has 1 aliphatic heterocycles. The van der Waals surface area contributed by atoms with Crippen molar-refractivity contribution in [2.75, 3.05) is 0 Å². The number of esters is 1. The van der Waals surface area contributed by atoms with Gasteiger partial charge in [0.05, 0.1) is 5.92 Å². The van der Waals surface area contributed by atoms with Crippen molar-refractivity contribution in [3.63, 3.8) is 0 Å². The maximum atomic E-state index is 11.5. The summed E-state index contributed by atoms with van der Waals surface area (Å²) in [6, 6.07) is 9.81. The van der Waals surface area contributed by atoms with E-state index in [1.807, 2.05) is 30.3 Å². The molecule has 0 spiro atoms. The van der Waals surface area contributed by atoms with Gasteiger partial charge < -0.3 is 10.5 Å². The van der Waals surface area contributed by atoms with Crippen molar-refractivity contribution in [2.24, 2.45) is 11.7 Å². The summed E-state index contributed by atoms with van der Waals surface area (Å²) in [6.45, 7) is 0. The summed E-state index contributed by atoms with van der Waals surface area (Å²) in [6.07, 6.45) is 3.80. The lowest BCUT2D eigenvalue weighted by Gasteiger charge is -2.35. The zero-order chi connectivity index (χ0) is 13.7. The number of hydrogen-bond donors (Lipinski definition) is 1. The first-order valence-electron chi connectivity index (χ1n) is 6.72. The van der Waals surface area contributed by atoms with Crippen molar-refractivity contribution in [3.05, 3.63) is 35.9 Å². The summed E-state index contributed by atoms with van der Waals surface area (Å²) in [4.78, 5) is 22.1. The Kier molecular flexibility index (Phi) is 4.55. The van der Waals surface area contributed by atoms with Gasteiger partial charge in [-0.25, -0.2) is 0 Å². The van der Waals surface area contributed by atoms with Crippen LogP contribution < -0.4 is 5.73 Å². The van der Waals surface area contributed by atoms with Gasteiger partial charge in [-0.3, -0.25) is 9.59 Å². The van der Waals surface area contributed by atoms with Crippen LogP contribution in [0.1, 0.15) is 43.8 Å². The first-order chi connectivity index (χ1) is 9.18. The monoisotopic (exact) mass is 261 g/mol. The van der Waals surface area contributed by atoms with Crippen LogP contribution in [0.15, 0.2) is 30.3 Å². The minimum absolute atomic E-state index is 0.0315. The molecule has 4 heteroatoms. The fourth-order valence-corrected chi connectivity index (χ4v) is 2.40. The van der Waals surface area contributed by atoms with E-state index in [-0.39, 0.29) is 23.9 Å². The van der Waals surface area contributed by atoms with E-state index in [9.17, 15) is 9.59 Å². The van der Waals surface area contributed by atoms with Crippen molar-refractivity contribution in [3.8, 4) is 0 Å². The normalized spacial score (nSPS) is 21.6. The van der Waals surface area contributed by atoms with Gasteiger partial charge in [-0.1, -0.05) is 43.2 Å². The molecule has 0 aliphatic carbocycles. The molecule has 1 saturated heterocycles. The Morgan fingerprint density at radius 3 is 2.53 bits per heavy atom. The van der Waals surface area contributed by atoms with Gasteiger partial charge in [-0.2, -0.15) is 0 Å². The van der Waals surface area contributed by atoms with Crippen molar-refractivity contribution >= 4 is 11.9 Å². The van der Waals surface area contributed by atoms with Gasteiger partial charge in [0.15, 0.2) is 0 Å². The molecule has 2 N–H and O–H groups in total. The molecular formula is C15H19NO3. The van der Waals surface area contributed by atoms with Crippen molar-refractivity contribution in [2.45, 2.75) is 38.2 Å². The lowest BCUT2D eigenvalue weighted by atomic mass is 9.86. The lowest BCUT2D eigenvalue weighted by molar-refractivity contribution is -0.186. The fourth-order valence-electron chi connectivity index (χ4n) is 2.40. The van der Waals surface area contributed by atoms with E-state index >= 15 is 0 Å². The second-order valence-electron chi connectivity index (χ2n) is 4.94. The summed E-state index contributed by atoms with van der Waals surface area (Å²) < 4.78 is 5.22. The average molecular weight is 261 g/mol. The molecule has 1 heterocycles. The molecule has 0 aromatic heterocycles. The highest BCUT2D eigenvalue weighted by atomic mass is 16.6. The molecule has 0 bridgehead atoms. The number of hydrogen-bond acceptors (Lipinski definition) is 3. The van der Waals surface area contributed by atoms with Gasteiger partial charge in [0.1, 0.15) is 6.10 Å². The molecule has 1 amide bonds. The molecule has 1 aromatic carbocycles. The molecule has 0 radical (unpaired) electrons. The van der Waals surface area contributed by atoms with Crippen LogP contribution in [-0.4, -0.2) is 11.9 Å². The summed E-state index contributed by atoms with van der Waals surface area (Å²) in [5, 5.41) is 0. The number of carbonyl (C=O) groups excluding carboxylic acids is 2. The van der Waals surface area contributed by atoms with Crippen LogP contribution in [0.25, 0.3) is 0 Å². The third kappa shape index (κ3) is 3.56. The molecule has 102 valence electrons. The van der Waals surface area contributed by atoms with E-state index in [0.29, 0.717) is 6.42 Å². The van der Waals surface area contributed by atoms with Crippen LogP contribution in [0.4, 0.5) is 0 Å². The minimum atomic E-state index is -0.259. The third-order valence-electron chi connectivity index (χ3n) is 3.48. The topological polar surface area (TPSA) is 69.4 Å². The van der Waals surface area contributed by atoms with Crippen LogP contribution in [0.5, 0.6) is 0 Å². The Hall–Kier alpha value is -1.84.